The lowest BCUT2D eigenvalue weighted by Crippen LogP contribution is -2.40. The molecule has 0 spiro atoms. The molecule has 0 radical (unpaired) electrons. The molecule has 0 fully saturated rings. The van der Waals surface area contributed by atoms with Crippen molar-refractivity contribution in [1.82, 2.24) is 5.32 Å². The molecule has 0 aliphatic heterocycles. The van der Waals surface area contributed by atoms with Crippen molar-refractivity contribution in [3.05, 3.63) is 24.3 Å². The highest BCUT2D eigenvalue weighted by atomic mass is 32.2. The normalized spacial score (nSPS) is 12.8. The number of para-hydroxylation sites is 1. The van der Waals surface area contributed by atoms with Gasteiger partial charge in [0.2, 0.25) is 0 Å². The number of alkyl carbamates (subject to hydrolysis) is 1. The minimum absolute atomic E-state index is 0.0643. The van der Waals surface area contributed by atoms with Crippen molar-refractivity contribution >= 4 is 23.5 Å². The summed E-state index contributed by atoms with van der Waals surface area (Å²) in [5.41, 5.74) is 6.20. The molecule has 112 valence electrons. The fraction of sp³-hybridized carbons (Fsp3) is 0.533. The molecule has 0 aliphatic rings. The van der Waals surface area contributed by atoms with E-state index < -0.39 is 5.60 Å². The Morgan fingerprint density at radius 3 is 2.60 bits per heavy atom. The van der Waals surface area contributed by atoms with Gasteiger partial charge in [0, 0.05) is 22.4 Å². The van der Waals surface area contributed by atoms with E-state index >= 15 is 0 Å². The molecule has 5 heteroatoms. The van der Waals surface area contributed by atoms with Crippen molar-refractivity contribution in [3.63, 3.8) is 0 Å². The predicted octanol–water partition coefficient (Wildman–Crippen LogP) is 3.66. The number of hydrogen-bond donors (Lipinski definition) is 2. The van der Waals surface area contributed by atoms with Crippen molar-refractivity contribution in [2.24, 2.45) is 0 Å². The molecule has 0 saturated carbocycles. The van der Waals surface area contributed by atoms with E-state index in [1.54, 1.807) is 11.8 Å². The Balaban J connectivity index is 2.48. The first-order chi connectivity index (χ1) is 9.31. The molecule has 0 heterocycles. The van der Waals surface area contributed by atoms with Crippen LogP contribution in [0, 0.1) is 0 Å². The number of amides is 1. The maximum Gasteiger partial charge on any atom is 0.407 e. The van der Waals surface area contributed by atoms with E-state index in [1.165, 1.54) is 0 Å². The minimum Gasteiger partial charge on any atom is -0.444 e. The van der Waals surface area contributed by atoms with E-state index in [-0.39, 0.29) is 12.1 Å². The number of nitrogen functional groups attached to an aromatic ring is 1. The summed E-state index contributed by atoms with van der Waals surface area (Å²) in [6, 6.07) is 7.80. The highest BCUT2D eigenvalue weighted by Crippen LogP contribution is 2.25. The zero-order valence-electron chi connectivity index (χ0n) is 12.6. The quantitative estimate of drug-likeness (QED) is 0.643. The smallest absolute Gasteiger partial charge is 0.407 e. The molecular weight excluding hydrogens is 272 g/mol. The summed E-state index contributed by atoms with van der Waals surface area (Å²) in [7, 11) is 0. The number of nitrogens with one attached hydrogen (secondary N) is 1. The van der Waals surface area contributed by atoms with E-state index in [0.717, 1.165) is 22.8 Å². The summed E-state index contributed by atoms with van der Waals surface area (Å²) in [4.78, 5) is 12.8. The molecule has 0 aromatic heterocycles. The summed E-state index contributed by atoms with van der Waals surface area (Å²) in [5.74, 6) is 0.768. The maximum atomic E-state index is 11.7. The van der Waals surface area contributed by atoms with Crippen LogP contribution in [0.2, 0.25) is 0 Å². The van der Waals surface area contributed by atoms with Gasteiger partial charge in [-0.05, 0) is 39.3 Å². The lowest BCUT2D eigenvalue weighted by Gasteiger charge is -2.23. The second kappa shape index (κ2) is 7.43. The highest BCUT2D eigenvalue weighted by molar-refractivity contribution is 7.99. The van der Waals surface area contributed by atoms with Crippen LogP contribution in [0.3, 0.4) is 0 Å². The van der Waals surface area contributed by atoms with Gasteiger partial charge in [-0.1, -0.05) is 19.1 Å². The van der Waals surface area contributed by atoms with Crippen LogP contribution >= 0.6 is 11.8 Å². The third-order valence-electron chi connectivity index (χ3n) is 2.57. The van der Waals surface area contributed by atoms with E-state index in [9.17, 15) is 4.79 Å². The molecule has 3 N–H and O–H groups in total. The molecule has 1 aromatic rings. The molecule has 4 nitrogen and oxygen atoms in total. The fourth-order valence-electron chi connectivity index (χ4n) is 1.54. The van der Waals surface area contributed by atoms with Crippen LogP contribution in [-0.2, 0) is 4.74 Å². The van der Waals surface area contributed by atoms with Crippen LogP contribution in [0.5, 0.6) is 0 Å². The van der Waals surface area contributed by atoms with Gasteiger partial charge in [-0.25, -0.2) is 4.79 Å². The van der Waals surface area contributed by atoms with Gasteiger partial charge >= 0.3 is 6.09 Å². The Bertz CT molecular complexity index is 444. The number of ether oxygens (including phenoxy) is 1. The van der Waals surface area contributed by atoms with E-state index in [2.05, 4.69) is 5.32 Å². The Labute approximate surface area is 125 Å². The molecule has 0 saturated heterocycles. The summed E-state index contributed by atoms with van der Waals surface area (Å²) >= 11 is 1.64. The maximum absolute atomic E-state index is 11.7. The van der Waals surface area contributed by atoms with Gasteiger partial charge < -0.3 is 15.8 Å². The highest BCUT2D eigenvalue weighted by Gasteiger charge is 2.18. The summed E-state index contributed by atoms with van der Waals surface area (Å²) in [6.45, 7) is 7.60. The van der Waals surface area contributed by atoms with Crippen molar-refractivity contribution < 1.29 is 9.53 Å². The van der Waals surface area contributed by atoms with Gasteiger partial charge in [0.05, 0.1) is 0 Å². The van der Waals surface area contributed by atoms with Crippen molar-refractivity contribution in [2.75, 3.05) is 11.5 Å². The van der Waals surface area contributed by atoms with Gasteiger partial charge in [0.1, 0.15) is 5.60 Å². The van der Waals surface area contributed by atoms with Gasteiger partial charge in [-0.15, -0.1) is 11.8 Å². The van der Waals surface area contributed by atoms with Crippen LogP contribution in [0.15, 0.2) is 29.2 Å². The van der Waals surface area contributed by atoms with E-state index in [4.69, 9.17) is 10.5 Å². The number of benzene rings is 1. The molecule has 1 rings (SSSR count). The molecule has 1 aromatic carbocycles. The third-order valence-corrected chi connectivity index (χ3v) is 3.82. The lowest BCUT2D eigenvalue weighted by molar-refractivity contribution is 0.0508. The summed E-state index contributed by atoms with van der Waals surface area (Å²) < 4.78 is 5.26. The zero-order valence-corrected chi connectivity index (χ0v) is 13.4. The van der Waals surface area contributed by atoms with Gasteiger partial charge in [-0.2, -0.15) is 0 Å². The number of hydrogen-bond acceptors (Lipinski definition) is 4. The van der Waals surface area contributed by atoms with Crippen molar-refractivity contribution in [1.29, 1.82) is 0 Å². The molecule has 0 bridgehead atoms. The average Bonchev–Trinajstić information content (AvgIpc) is 2.34. The Hall–Kier alpha value is -1.36. The first-order valence-electron chi connectivity index (χ1n) is 6.78. The predicted molar refractivity (Wildman–Crippen MR) is 85.0 cm³/mol. The van der Waals surface area contributed by atoms with Gasteiger partial charge in [0.25, 0.3) is 0 Å². The number of nitrogens with two attached hydrogens (primary N) is 1. The van der Waals surface area contributed by atoms with E-state index in [1.807, 2.05) is 52.0 Å². The third kappa shape index (κ3) is 6.19. The van der Waals surface area contributed by atoms with E-state index in [0.29, 0.717) is 0 Å². The fourth-order valence-corrected chi connectivity index (χ4v) is 2.65. The van der Waals surface area contributed by atoms with Crippen LogP contribution in [0.1, 0.15) is 34.1 Å². The van der Waals surface area contributed by atoms with Crippen molar-refractivity contribution in [3.8, 4) is 0 Å². The molecule has 1 amide bonds. The summed E-state index contributed by atoms with van der Waals surface area (Å²) in [5, 5.41) is 2.89. The molecule has 1 atom stereocenters. The molecule has 0 unspecified atom stereocenters. The average molecular weight is 296 g/mol. The first kappa shape index (κ1) is 16.7. The monoisotopic (exact) mass is 296 g/mol. The van der Waals surface area contributed by atoms with Crippen LogP contribution in [-0.4, -0.2) is 23.5 Å². The van der Waals surface area contributed by atoms with Crippen LogP contribution < -0.4 is 11.1 Å². The molecular formula is C15H24N2O2S. The Kier molecular flexibility index (Phi) is 6.20. The lowest BCUT2D eigenvalue weighted by atomic mass is 10.2. The number of carbonyl (C=O) groups excluding carboxylic acids is 1. The molecule has 20 heavy (non-hydrogen) atoms. The van der Waals surface area contributed by atoms with Crippen LogP contribution in [0.25, 0.3) is 0 Å². The Morgan fingerprint density at radius 1 is 1.40 bits per heavy atom. The second-order valence-corrected chi connectivity index (χ2v) is 6.66. The minimum atomic E-state index is -0.473. The van der Waals surface area contributed by atoms with Crippen molar-refractivity contribution in [2.45, 2.75) is 50.7 Å². The van der Waals surface area contributed by atoms with Gasteiger partial charge in [0.15, 0.2) is 0 Å². The zero-order chi connectivity index (χ0) is 15.2. The Morgan fingerprint density at radius 2 is 2.05 bits per heavy atom. The number of rotatable bonds is 5. The number of thioether (sulfide) groups is 1. The first-order valence-corrected chi connectivity index (χ1v) is 7.77. The van der Waals surface area contributed by atoms with Crippen LogP contribution in [0.4, 0.5) is 10.5 Å². The SMILES string of the molecule is CC[C@H](CSc1ccccc1N)NC(=O)OC(C)(C)C. The number of anilines is 1. The standard InChI is InChI=1S/C15H24N2O2S/c1-5-11(17-14(18)19-15(2,3)4)10-20-13-9-7-6-8-12(13)16/h6-9,11H,5,10,16H2,1-4H3,(H,17,18)/t11-/m1/s1. The molecule has 0 aliphatic carbocycles. The largest absolute Gasteiger partial charge is 0.444 e. The summed E-state index contributed by atoms with van der Waals surface area (Å²) in [6.07, 6.45) is 0.477. The van der Waals surface area contributed by atoms with Gasteiger partial charge in [-0.3, -0.25) is 0 Å². The number of carbonyl (C=O) groups is 1. The topological polar surface area (TPSA) is 64.3 Å². The second-order valence-electron chi connectivity index (χ2n) is 5.60.